The minimum absolute atomic E-state index is 0.405. The first-order valence-corrected chi connectivity index (χ1v) is 7.69. The first-order valence-electron chi connectivity index (χ1n) is 7.69. The van der Waals surface area contributed by atoms with Crippen molar-refractivity contribution in [2.75, 3.05) is 6.54 Å². The molecule has 2 aliphatic carbocycles. The Kier molecular flexibility index (Phi) is 4.87. The van der Waals surface area contributed by atoms with Crippen molar-refractivity contribution < 1.29 is 5.11 Å². The van der Waals surface area contributed by atoms with Crippen LogP contribution in [0.15, 0.2) is 0 Å². The Morgan fingerprint density at radius 2 is 1.76 bits per heavy atom. The van der Waals surface area contributed by atoms with E-state index in [1.165, 1.54) is 51.4 Å². The molecule has 2 rings (SSSR count). The van der Waals surface area contributed by atoms with E-state index in [-0.39, 0.29) is 0 Å². The van der Waals surface area contributed by atoms with Crippen LogP contribution in [-0.4, -0.2) is 23.3 Å². The third kappa shape index (κ3) is 3.69. The SMILES string of the molecule is CCC1CCCC1NCC1(O)CCCCCC1. The number of hydrogen-bond donors (Lipinski definition) is 2. The molecule has 0 saturated heterocycles. The van der Waals surface area contributed by atoms with Crippen LogP contribution in [0.3, 0.4) is 0 Å². The average molecular weight is 239 g/mol. The van der Waals surface area contributed by atoms with Crippen LogP contribution < -0.4 is 5.32 Å². The summed E-state index contributed by atoms with van der Waals surface area (Å²) in [5.74, 6) is 0.851. The van der Waals surface area contributed by atoms with Crippen LogP contribution in [0.2, 0.25) is 0 Å². The summed E-state index contributed by atoms with van der Waals surface area (Å²) in [6.07, 6.45) is 12.4. The molecule has 2 heteroatoms. The Hall–Kier alpha value is -0.0800. The molecule has 0 amide bonds. The van der Waals surface area contributed by atoms with Gasteiger partial charge < -0.3 is 10.4 Å². The highest BCUT2D eigenvalue weighted by atomic mass is 16.3. The van der Waals surface area contributed by atoms with Gasteiger partial charge in [-0.25, -0.2) is 0 Å². The van der Waals surface area contributed by atoms with Gasteiger partial charge in [0.1, 0.15) is 0 Å². The van der Waals surface area contributed by atoms with Crippen LogP contribution in [0.4, 0.5) is 0 Å². The third-order valence-corrected chi connectivity index (χ3v) is 4.91. The highest BCUT2D eigenvalue weighted by Gasteiger charge is 2.31. The standard InChI is InChI=1S/C15H29NO/c1-2-13-8-7-9-14(13)16-12-15(17)10-5-3-4-6-11-15/h13-14,16-17H,2-12H2,1H3. The van der Waals surface area contributed by atoms with Gasteiger partial charge in [-0.15, -0.1) is 0 Å². The lowest BCUT2D eigenvalue weighted by Gasteiger charge is -2.30. The molecule has 2 nitrogen and oxygen atoms in total. The molecule has 0 aromatic heterocycles. The van der Waals surface area contributed by atoms with E-state index in [4.69, 9.17) is 0 Å². The number of nitrogens with one attached hydrogen (secondary N) is 1. The molecule has 0 heterocycles. The van der Waals surface area contributed by atoms with Crippen molar-refractivity contribution in [2.45, 2.75) is 82.8 Å². The summed E-state index contributed by atoms with van der Waals surface area (Å²) >= 11 is 0. The first kappa shape index (κ1) is 13.4. The monoisotopic (exact) mass is 239 g/mol. The summed E-state index contributed by atoms with van der Waals surface area (Å²) < 4.78 is 0. The van der Waals surface area contributed by atoms with Gasteiger partial charge in [0.25, 0.3) is 0 Å². The van der Waals surface area contributed by atoms with Gasteiger partial charge in [0.05, 0.1) is 5.60 Å². The molecule has 100 valence electrons. The summed E-state index contributed by atoms with van der Waals surface area (Å²) in [5, 5.41) is 14.3. The maximum Gasteiger partial charge on any atom is 0.0771 e. The third-order valence-electron chi connectivity index (χ3n) is 4.91. The van der Waals surface area contributed by atoms with E-state index in [1.54, 1.807) is 0 Å². The smallest absolute Gasteiger partial charge is 0.0771 e. The largest absolute Gasteiger partial charge is 0.389 e. The predicted molar refractivity (Wildman–Crippen MR) is 72.1 cm³/mol. The molecule has 0 aromatic carbocycles. The van der Waals surface area contributed by atoms with Gasteiger partial charge in [0, 0.05) is 12.6 Å². The van der Waals surface area contributed by atoms with Crippen molar-refractivity contribution in [3.8, 4) is 0 Å². The Labute approximate surface area is 106 Å². The molecule has 0 aromatic rings. The fourth-order valence-corrected chi connectivity index (χ4v) is 3.68. The molecule has 2 saturated carbocycles. The van der Waals surface area contributed by atoms with Crippen molar-refractivity contribution in [3.63, 3.8) is 0 Å². The minimum atomic E-state index is -0.405. The van der Waals surface area contributed by atoms with E-state index >= 15 is 0 Å². The molecular formula is C15H29NO. The quantitative estimate of drug-likeness (QED) is 0.738. The van der Waals surface area contributed by atoms with Crippen molar-refractivity contribution in [1.29, 1.82) is 0 Å². The zero-order valence-electron chi connectivity index (χ0n) is 11.4. The topological polar surface area (TPSA) is 32.3 Å². The lowest BCUT2D eigenvalue weighted by Crippen LogP contribution is -2.45. The maximum atomic E-state index is 10.6. The molecule has 2 N–H and O–H groups in total. The predicted octanol–water partition coefficient (Wildman–Crippen LogP) is 3.24. The van der Waals surface area contributed by atoms with Gasteiger partial charge in [-0.05, 0) is 31.6 Å². The second-order valence-electron chi connectivity index (χ2n) is 6.23. The zero-order chi connectivity index (χ0) is 12.1. The van der Waals surface area contributed by atoms with Gasteiger partial charge >= 0.3 is 0 Å². The van der Waals surface area contributed by atoms with Crippen molar-refractivity contribution in [1.82, 2.24) is 5.32 Å². The maximum absolute atomic E-state index is 10.6. The summed E-state index contributed by atoms with van der Waals surface area (Å²) in [5.41, 5.74) is -0.405. The molecule has 0 radical (unpaired) electrons. The lowest BCUT2D eigenvalue weighted by atomic mass is 9.93. The molecule has 2 fully saturated rings. The molecule has 17 heavy (non-hydrogen) atoms. The Morgan fingerprint density at radius 3 is 2.41 bits per heavy atom. The second-order valence-corrected chi connectivity index (χ2v) is 6.23. The van der Waals surface area contributed by atoms with Crippen LogP contribution in [0.25, 0.3) is 0 Å². The summed E-state index contributed by atoms with van der Waals surface area (Å²) in [6, 6.07) is 0.673. The summed E-state index contributed by atoms with van der Waals surface area (Å²) in [4.78, 5) is 0. The fraction of sp³-hybridized carbons (Fsp3) is 1.00. The first-order chi connectivity index (χ1) is 8.23. The van der Waals surface area contributed by atoms with E-state index < -0.39 is 5.60 Å². The van der Waals surface area contributed by atoms with Crippen molar-refractivity contribution >= 4 is 0 Å². The Bertz CT molecular complexity index is 221. The number of hydrogen-bond acceptors (Lipinski definition) is 2. The normalized spacial score (nSPS) is 33.5. The van der Waals surface area contributed by atoms with Crippen LogP contribution >= 0.6 is 0 Å². The van der Waals surface area contributed by atoms with Gasteiger partial charge in [0.15, 0.2) is 0 Å². The van der Waals surface area contributed by atoms with Gasteiger partial charge in [-0.3, -0.25) is 0 Å². The van der Waals surface area contributed by atoms with E-state index in [1.807, 2.05) is 0 Å². The van der Waals surface area contributed by atoms with Gasteiger partial charge in [-0.2, -0.15) is 0 Å². The lowest BCUT2D eigenvalue weighted by molar-refractivity contribution is 0.0215. The van der Waals surface area contributed by atoms with Gasteiger partial charge in [0.2, 0.25) is 0 Å². The summed E-state index contributed by atoms with van der Waals surface area (Å²) in [6.45, 7) is 3.12. The molecule has 0 spiro atoms. The van der Waals surface area contributed by atoms with E-state index in [2.05, 4.69) is 12.2 Å². The second kappa shape index (κ2) is 6.19. The molecule has 0 bridgehead atoms. The molecule has 0 aliphatic heterocycles. The number of aliphatic hydroxyl groups is 1. The van der Waals surface area contributed by atoms with Gasteiger partial charge in [-0.1, -0.05) is 45.4 Å². The van der Waals surface area contributed by atoms with Crippen LogP contribution in [0.1, 0.15) is 71.1 Å². The molecule has 2 atom stereocenters. The molecular weight excluding hydrogens is 210 g/mol. The fourth-order valence-electron chi connectivity index (χ4n) is 3.68. The van der Waals surface area contributed by atoms with E-state index in [0.29, 0.717) is 6.04 Å². The zero-order valence-corrected chi connectivity index (χ0v) is 11.4. The summed E-state index contributed by atoms with van der Waals surface area (Å²) in [7, 11) is 0. The van der Waals surface area contributed by atoms with Crippen LogP contribution in [0, 0.1) is 5.92 Å². The van der Waals surface area contributed by atoms with Crippen LogP contribution in [0.5, 0.6) is 0 Å². The molecule has 2 aliphatic rings. The van der Waals surface area contributed by atoms with E-state index in [0.717, 1.165) is 25.3 Å². The van der Waals surface area contributed by atoms with Crippen LogP contribution in [-0.2, 0) is 0 Å². The average Bonchev–Trinajstić information content (AvgIpc) is 2.68. The highest BCUT2D eigenvalue weighted by molar-refractivity contribution is 4.88. The minimum Gasteiger partial charge on any atom is -0.389 e. The van der Waals surface area contributed by atoms with Crippen molar-refractivity contribution in [2.24, 2.45) is 5.92 Å². The molecule has 2 unspecified atom stereocenters. The Morgan fingerprint density at radius 1 is 1.06 bits per heavy atom. The number of rotatable bonds is 4. The highest BCUT2D eigenvalue weighted by Crippen LogP contribution is 2.30. The van der Waals surface area contributed by atoms with E-state index in [9.17, 15) is 5.11 Å². The Balaban J connectivity index is 1.79. The van der Waals surface area contributed by atoms with Crippen molar-refractivity contribution in [3.05, 3.63) is 0 Å².